The minimum Gasteiger partial charge on any atom is -0.388 e. The number of nitrogen functional groups attached to an aromatic ring is 1. The lowest BCUT2D eigenvalue weighted by atomic mass is 10.1. The third kappa shape index (κ3) is 1.73. The van der Waals surface area contributed by atoms with Crippen molar-refractivity contribution >= 4 is 17.4 Å². The second-order valence-corrected chi connectivity index (χ2v) is 3.60. The van der Waals surface area contributed by atoms with E-state index in [2.05, 4.69) is 9.97 Å². The van der Waals surface area contributed by atoms with E-state index in [4.69, 9.17) is 17.3 Å². The number of nitrogens with zero attached hydrogens (tertiary/aromatic N) is 2. The molecule has 1 atom stereocenters. The Morgan fingerprint density at radius 1 is 1.62 bits per heavy atom. The summed E-state index contributed by atoms with van der Waals surface area (Å²) < 4.78 is 0. The molecular formula is C8H10ClN3O. The molecule has 3 N–H and O–H groups in total. The Morgan fingerprint density at radius 2 is 2.31 bits per heavy atom. The van der Waals surface area contributed by atoms with Crippen molar-refractivity contribution in [3.8, 4) is 0 Å². The number of rotatable bonds is 2. The molecule has 5 heteroatoms. The molecule has 0 aliphatic heterocycles. The molecule has 70 valence electrons. The van der Waals surface area contributed by atoms with E-state index in [1.54, 1.807) is 0 Å². The highest BCUT2D eigenvalue weighted by Gasteiger charge is 2.32. The van der Waals surface area contributed by atoms with Gasteiger partial charge < -0.3 is 10.8 Å². The molecule has 0 amide bonds. The van der Waals surface area contributed by atoms with Crippen LogP contribution in [0.1, 0.15) is 24.5 Å². The molecule has 4 nitrogen and oxygen atoms in total. The molecule has 0 aromatic carbocycles. The van der Waals surface area contributed by atoms with Crippen LogP contribution in [0.25, 0.3) is 0 Å². The van der Waals surface area contributed by atoms with E-state index >= 15 is 0 Å². The summed E-state index contributed by atoms with van der Waals surface area (Å²) in [4.78, 5) is 7.56. The van der Waals surface area contributed by atoms with E-state index in [0.29, 0.717) is 11.5 Å². The number of nitrogens with two attached hydrogens (primary N) is 1. The first-order valence-corrected chi connectivity index (χ1v) is 4.52. The minimum atomic E-state index is -0.530. The van der Waals surface area contributed by atoms with Crippen LogP contribution in [0.3, 0.4) is 0 Å². The molecule has 13 heavy (non-hydrogen) atoms. The van der Waals surface area contributed by atoms with Gasteiger partial charge in [0.15, 0.2) is 0 Å². The lowest BCUT2D eigenvalue weighted by Gasteiger charge is -2.10. The number of hydrogen-bond donors (Lipinski definition) is 2. The summed E-state index contributed by atoms with van der Waals surface area (Å²) >= 11 is 5.53. The van der Waals surface area contributed by atoms with Crippen molar-refractivity contribution in [2.24, 2.45) is 5.92 Å². The first-order valence-electron chi connectivity index (χ1n) is 4.14. The Morgan fingerprint density at radius 3 is 2.85 bits per heavy atom. The van der Waals surface area contributed by atoms with Gasteiger partial charge in [0, 0.05) is 11.8 Å². The van der Waals surface area contributed by atoms with Crippen molar-refractivity contribution in [2.45, 2.75) is 18.9 Å². The highest BCUT2D eigenvalue weighted by Crippen LogP contribution is 2.41. The van der Waals surface area contributed by atoms with Gasteiger partial charge >= 0.3 is 0 Å². The maximum Gasteiger partial charge on any atom is 0.224 e. The molecule has 1 aliphatic carbocycles. The molecule has 1 saturated carbocycles. The van der Waals surface area contributed by atoms with Crippen LogP contribution in [0.2, 0.25) is 5.28 Å². The highest BCUT2D eigenvalue weighted by atomic mass is 35.5. The van der Waals surface area contributed by atoms with Crippen LogP contribution in [0.4, 0.5) is 5.82 Å². The molecule has 1 fully saturated rings. The van der Waals surface area contributed by atoms with Crippen LogP contribution >= 0.6 is 11.6 Å². The van der Waals surface area contributed by atoms with Gasteiger partial charge in [-0.15, -0.1) is 0 Å². The number of aliphatic hydroxyl groups excluding tert-OH is 1. The van der Waals surface area contributed by atoms with Gasteiger partial charge in [0.25, 0.3) is 0 Å². The fourth-order valence-corrected chi connectivity index (χ4v) is 1.42. The molecule has 1 unspecified atom stereocenters. The number of anilines is 1. The number of aliphatic hydroxyl groups is 1. The van der Waals surface area contributed by atoms with Crippen molar-refractivity contribution in [1.29, 1.82) is 0 Å². The van der Waals surface area contributed by atoms with Crippen LogP contribution < -0.4 is 5.73 Å². The van der Waals surface area contributed by atoms with Gasteiger partial charge in [-0.1, -0.05) is 0 Å². The summed E-state index contributed by atoms with van der Waals surface area (Å²) in [5, 5.41) is 9.84. The van der Waals surface area contributed by atoms with E-state index in [0.717, 1.165) is 12.8 Å². The average molecular weight is 200 g/mol. The molecule has 0 spiro atoms. The van der Waals surface area contributed by atoms with Gasteiger partial charge in [0.05, 0.1) is 6.10 Å². The minimum absolute atomic E-state index is 0.115. The average Bonchev–Trinajstić information content (AvgIpc) is 2.85. The molecule has 0 radical (unpaired) electrons. The van der Waals surface area contributed by atoms with Crippen molar-refractivity contribution in [3.05, 3.63) is 17.0 Å². The lowest BCUT2D eigenvalue weighted by Crippen LogP contribution is -2.06. The normalized spacial score (nSPS) is 18.6. The summed E-state index contributed by atoms with van der Waals surface area (Å²) in [5.74, 6) is 0.603. The molecule has 1 aromatic heterocycles. The van der Waals surface area contributed by atoms with Gasteiger partial charge in [0.1, 0.15) is 5.82 Å². The largest absolute Gasteiger partial charge is 0.388 e. The molecular weight excluding hydrogens is 190 g/mol. The van der Waals surface area contributed by atoms with Gasteiger partial charge in [-0.25, -0.2) is 9.97 Å². The van der Waals surface area contributed by atoms with E-state index in [9.17, 15) is 5.11 Å². The summed E-state index contributed by atoms with van der Waals surface area (Å²) in [7, 11) is 0. The Bertz CT molecular complexity index is 327. The van der Waals surface area contributed by atoms with Crippen LogP contribution in [-0.4, -0.2) is 15.1 Å². The zero-order valence-corrected chi connectivity index (χ0v) is 7.70. The monoisotopic (exact) mass is 199 g/mol. The smallest absolute Gasteiger partial charge is 0.224 e. The predicted octanol–water partition coefficient (Wildman–Crippen LogP) is 1.16. The van der Waals surface area contributed by atoms with Crippen molar-refractivity contribution in [3.63, 3.8) is 0 Å². The van der Waals surface area contributed by atoms with Crippen molar-refractivity contribution < 1.29 is 5.11 Å². The first-order chi connectivity index (χ1) is 6.18. The SMILES string of the molecule is Nc1nc(Cl)ncc1C(O)C1CC1. The van der Waals surface area contributed by atoms with Crippen LogP contribution in [0.5, 0.6) is 0 Å². The predicted molar refractivity (Wildman–Crippen MR) is 49.1 cm³/mol. The number of halogens is 1. The zero-order valence-electron chi connectivity index (χ0n) is 6.94. The summed E-state index contributed by atoms with van der Waals surface area (Å²) in [6, 6.07) is 0. The Balaban J connectivity index is 2.28. The van der Waals surface area contributed by atoms with E-state index < -0.39 is 6.10 Å². The van der Waals surface area contributed by atoms with E-state index in [1.165, 1.54) is 6.20 Å². The summed E-state index contributed by atoms with van der Waals surface area (Å²) in [6.07, 6.45) is 3.05. The zero-order chi connectivity index (χ0) is 9.42. The van der Waals surface area contributed by atoms with Gasteiger partial charge in [-0.3, -0.25) is 0 Å². The lowest BCUT2D eigenvalue weighted by molar-refractivity contribution is 0.154. The van der Waals surface area contributed by atoms with E-state index in [1.807, 2.05) is 0 Å². The van der Waals surface area contributed by atoms with Crippen molar-refractivity contribution in [1.82, 2.24) is 9.97 Å². The van der Waals surface area contributed by atoms with Gasteiger partial charge in [-0.2, -0.15) is 0 Å². The molecule has 0 saturated heterocycles. The fourth-order valence-electron chi connectivity index (χ4n) is 1.28. The maximum atomic E-state index is 9.73. The highest BCUT2D eigenvalue weighted by molar-refractivity contribution is 6.28. The first kappa shape index (κ1) is 8.72. The van der Waals surface area contributed by atoms with Gasteiger partial charge in [0.2, 0.25) is 5.28 Å². The number of aromatic nitrogens is 2. The molecule has 2 rings (SSSR count). The van der Waals surface area contributed by atoms with Crippen LogP contribution in [0, 0.1) is 5.92 Å². The molecule has 1 heterocycles. The number of hydrogen-bond acceptors (Lipinski definition) is 4. The third-order valence-electron chi connectivity index (χ3n) is 2.21. The fraction of sp³-hybridized carbons (Fsp3) is 0.500. The van der Waals surface area contributed by atoms with Gasteiger partial charge in [-0.05, 0) is 30.4 Å². The Labute approximate surface area is 80.8 Å². The molecule has 1 aromatic rings. The van der Waals surface area contributed by atoms with Crippen LogP contribution in [-0.2, 0) is 0 Å². The molecule has 1 aliphatic rings. The maximum absolute atomic E-state index is 9.73. The summed E-state index contributed by atoms with van der Waals surface area (Å²) in [6.45, 7) is 0. The topological polar surface area (TPSA) is 72.0 Å². The Kier molecular flexibility index (Phi) is 2.09. The quantitative estimate of drug-likeness (QED) is 0.701. The van der Waals surface area contributed by atoms with Crippen LogP contribution in [0.15, 0.2) is 6.20 Å². The summed E-state index contributed by atoms with van der Waals surface area (Å²) in [5.41, 5.74) is 6.18. The second kappa shape index (κ2) is 3.12. The van der Waals surface area contributed by atoms with E-state index in [-0.39, 0.29) is 11.1 Å². The Hall–Kier alpha value is -0.870. The van der Waals surface area contributed by atoms with Crippen molar-refractivity contribution in [2.75, 3.05) is 5.73 Å². The molecule has 0 bridgehead atoms. The standard InChI is InChI=1S/C8H10ClN3O/c9-8-11-3-5(7(10)12-8)6(13)4-1-2-4/h3-4,6,13H,1-2H2,(H2,10,11,12). The second-order valence-electron chi connectivity index (χ2n) is 3.26. The third-order valence-corrected chi connectivity index (χ3v) is 2.39.